The van der Waals surface area contributed by atoms with Gasteiger partial charge >= 0.3 is 5.97 Å². The van der Waals surface area contributed by atoms with Crippen molar-refractivity contribution in [2.24, 2.45) is 0 Å². The van der Waals surface area contributed by atoms with E-state index in [2.05, 4.69) is 11.8 Å². The molecule has 1 aliphatic heterocycles. The molecule has 2 rings (SSSR count). The van der Waals surface area contributed by atoms with Crippen LogP contribution in [0.5, 0.6) is 0 Å². The SMILES string of the molecule is CCN(c1ccc(C(COC)CC(=O)OC)cc1N)C1CCS(O)(O)CC1. The zero-order chi connectivity index (χ0) is 20.0. The Morgan fingerprint density at radius 1 is 1.33 bits per heavy atom. The molecule has 4 N–H and O–H groups in total. The molecular formula is C19H32N2O5S. The van der Waals surface area contributed by atoms with E-state index >= 15 is 0 Å². The van der Waals surface area contributed by atoms with Gasteiger partial charge in [0.2, 0.25) is 0 Å². The molecule has 0 aliphatic carbocycles. The summed E-state index contributed by atoms with van der Waals surface area (Å²) in [6.45, 7) is 3.27. The van der Waals surface area contributed by atoms with E-state index < -0.39 is 10.6 Å². The van der Waals surface area contributed by atoms with Gasteiger partial charge in [-0.1, -0.05) is 6.07 Å². The third kappa shape index (κ3) is 5.75. The Labute approximate surface area is 163 Å². The molecule has 1 saturated heterocycles. The molecule has 0 amide bonds. The van der Waals surface area contributed by atoms with Gasteiger partial charge in [0.1, 0.15) is 0 Å². The lowest BCUT2D eigenvalue weighted by molar-refractivity contribution is -0.141. The van der Waals surface area contributed by atoms with Crippen molar-refractivity contribution in [3.63, 3.8) is 0 Å². The van der Waals surface area contributed by atoms with Crippen LogP contribution in [0.1, 0.15) is 37.7 Å². The largest absolute Gasteiger partial charge is 0.469 e. The van der Waals surface area contributed by atoms with E-state index in [0.29, 0.717) is 23.8 Å². The normalized spacial score (nSPS) is 19.3. The number of anilines is 2. The molecule has 1 atom stereocenters. The Balaban J connectivity index is 2.19. The van der Waals surface area contributed by atoms with Crippen molar-refractivity contribution >= 4 is 27.9 Å². The molecule has 0 saturated carbocycles. The lowest BCUT2D eigenvalue weighted by Crippen LogP contribution is -2.40. The Morgan fingerprint density at radius 3 is 2.52 bits per heavy atom. The van der Waals surface area contributed by atoms with Gasteiger partial charge in [-0.05, 0) is 37.5 Å². The third-order valence-corrected chi connectivity index (χ3v) is 6.96. The van der Waals surface area contributed by atoms with Crippen LogP contribution in [-0.4, -0.2) is 60.0 Å². The van der Waals surface area contributed by atoms with E-state index in [-0.39, 0.29) is 24.3 Å². The van der Waals surface area contributed by atoms with Gasteiger partial charge in [-0.3, -0.25) is 13.9 Å². The third-order valence-electron chi connectivity index (χ3n) is 5.18. The molecule has 1 fully saturated rings. The maximum Gasteiger partial charge on any atom is 0.306 e. The van der Waals surface area contributed by atoms with E-state index in [9.17, 15) is 13.9 Å². The van der Waals surface area contributed by atoms with Gasteiger partial charge in [0, 0.05) is 37.1 Å². The van der Waals surface area contributed by atoms with E-state index in [1.54, 1.807) is 7.11 Å². The lowest BCUT2D eigenvalue weighted by Gasteiger charge is -2.44. The minimum Gasteiger partial charge on any atom is -0.469 e. The molecule has 27 heavy (non-hydrogen) atoms. The van der Waals surface area contributed by atoms with Crippen LogP contribution < -0.4 is 10.6 Å². The second-order valence-electron chi connectivity index (χ2n) is 6.98. The number of ether oxygens (including phenoxy) is 2. The Bertz CT molecular complexity index is 631. The summed E-state index contributed by atoms with van der Waals surface area (Å²) in [5.74, 6) is 0.496. The average molecular weight is 401 g/mol. The van der Waals surface area contributed by atoms with Crippen molar-refractivity contribution in [3.8, 4) is 0 Å². The molecular weight excluding hydrogens is 368 g/mol. The molecule has 1 aliphatic rings. The van der Waals surface area contributed by atoms with Crippen LogP contribution in [0.4, 0.5) is 11.4 Å². The van der Waals surface area contributed by atoms with Gasteiger partial charge in [0.25, 0.3) is 0 Å². The van der Waals surface area contributed by atoms with E-state index in [4.69, 9.17) is 15.2 Å². The number of carbonyl (C=O) groups excluding carboxylic acids is 1. The van der Waals surface area contributed by atoms with Crippen molar-refractivity contribution in [3.05, 3.63) is 23.8 Å². The fraction of sp³-hybridized carbons (Fsp3) is 0.632. The van der Waals surface area contributed by atoms with Crippen LogP contribution in [-0.2, 0) is 14.3 Å². The minimum absolute atomic E-state index is 0.114. The summed E-state index contributed by atoms with van der Waals surface area (Å²) >= 11 is 0. The van der Waals surface area contributed by atoms with E-state index in [1.165, 1.54) is 7.11 Å². The number of hydrogen-bond donors (Lipinski definition) is 3. The van der Waals surface area contributed by atoms with Gasteiger partial charge in [-0.2, -0.15) is 10.6 Å². The van der Waals surface area contributed by atoms with Crippen LogP contribution in [0.3, 0.4) is 0 Å². The fourth-order valence-corrected chi connectivity index (χ4v) is 5.18. The van der Waals surface area contributed by atoms with Crippen molar-refractivity contribution in [2.45, 2.75) is 38.1 Å². The van der Waals surface area contributed by atoms with E-state index in [1.807, 2.05) is 18.2 Å². The van der Waals surface area contributed by atoms with Gasteiger partial charge in [-0.15, -0.1) is 0 Å². The second kappa shape index (κ2) is 9.64. The molecule has 1 aromatic rings. The van der Waals surface area contributed by atoms with Gasteiger partial charge in [-0.25, -0.2) is 0 Å². The molecule has 1 heterocycles. The first-order valence-corrected chi connectivity index (χ1v) is 11.1. The summed E-state index contributed by atoms with van der Waals surface area (Å²) in [7, 11) is 0.579. The van der Waals surface area contributed by atoms with Crippen molar-refractivity contribution < 1.29 is 23.4 Å². The lowest BCUT2D eigenvalue weighted by atomic mass is 9.95. The predicted molar refractivity (Wildman–Crippen MR) is 111 cm³/mol. The molecule has 0 aromatic heterocycles. The van der Waals surface area contributed by atoms with Crippen LogP contribution >= 0.6 is 10.6 Å². The average Bonchev–Trinajstić information content (AvgIpc) is 2.64. The number of hydrogen-bond acceptors (Lipinski definition) is 7. The topological polar surface area (TPSA) is 105 Å². The molecule has 1 aromatic carbocycles. The smallest absolute Gasteiger partial charge is 0.306 e. The second-order valence-corrected chi connectivity index (χ2v) is 9.40. The monoisotopic (exact) mass is 400 g/mol. The molecule has 0 bridgehead atoms. The van der Waals surface area contributed by atoms with Gasteiger partial charge < -0.3 is 20.1 Å². The highest BCUT2D eigenvalue weighted by Crippen LogP contribution is 2.45. The first-order valence-electron chi connectivity index (χ1n) is 9.26. The first-order chi connectivity index (χ1) is 12.8. The van der Waals surface area contributed by atoms with Crippen LogP contribution in [0.25, 0.3) is 0 Å². The van der Waals surface area contributed by atoms with E-state index in [0.717, 1.165) is 30.6 Å². The minimum atomic E-state index is -2.40. The molecule has 8 heteroatoms. The number of benzene rings is 1. The van der Waals surface area contributed by atoms with Crippen LogP contribution in [0, 0.1) is 0 Å². The molecule has 154 valence electrons. The highest BCUT2D eigenvalue weighted by atomic mass is 32.3. The summed E-state index contributed by atoms with van der Waals surface area (Å²) in [5.41, 5.74) is 8.90. The van der Waals surface area contributed by atoms with Gasteiger partial charge in [0.05, 0.1) is 31.5 Å². The summed E-state index contributed by atoms with van der Waals surface area (Å²) in [6.07, 6.45) is 1.72. The highest BCUT2D eigenvalue weighted by molar-refractivity contribution is 8.24. The molecule has 1 unspecified atom stereocenters. The number of methoxy groups -OCH3 is 2. The van der Waals surface area contributed by atoms with Crippen molar-refractivity contribution in [2.75, 3.05) is 49.5 Å². The Hall–Kier alpha value is -1.48. The predicted octanol–water partition coefficient (Wildman–Crippen LogP) is 3.30. The van der Waals surface area contributed by atoms with Gasteiger partial charge in [0.15, 0.2) is 0 Å². The first kappa shape index (κ1) is 21.8. The quantitative estimate of drug-likeness (QED) is 0.454. The van der Waals surface area contributed by atoms with Crippen molar-refractivity contribution in [1.29, 1.82) is 0 Å². The fourth-order valence-electron chi connectivity index (χ4n) is 3.68. The molecule has 0 radical (unpaired) electrons. The maximum absolute atomic E-state index is 11.7. The standard InChI is InChI=1S/C19H32N2O5S/c1-4-21(16-7-9-27(23,24)10-8-16)18-6-5-14(11-17(18)20)15(13-25-2)12-19(22)26-3/h5-6,11,15-16,23-24H,4,7-10,12-13,20H2,1-3H3. The summed E-state index contributed by atoms with van der Waals surface area (Å²) < 4.78 is 29.8. The Morgan fingerprint density at radius 2 is 2.00 bits per heavy atom. The van der Waals surface area contributed by atoms with Crippen molar-refractivity contribution in [1.82, 2.24) is 0 Å². The number of esters is 1. The number of rotatable bonds is 8. The number of nitrogen functional groups attached to an aromatic ring is 1. The highest BCUT2D eigenvalue weighted by Gasteiger charge is 2.29. The number of nitrogens with zero attached hydrogens (tertiary/aromatic N) is 1. The summed E-state index contributed by atoms with van der Waals surface area (Å²) in [4.78, 5) is 13.9. The zero-order valence-corrected chi connectivity index (χ0v) is 17.2. The Kier molecular flexibility index (Phi) is 7.79. The maximum atomic E-state index is 11.7. The van der Waals surface area contributed by atoms with Crippen LogP contribution in [0.2, 0.25) is 0 Å². The summed E-state index contributed by atoms with van der Waals surface area (Å²) in [6, 6.07) is 6.12. The van der Waals surface area contributed by atoms with Crippen LogP contribution in [0.15, 0.2) is 18.2 Å². The molecule has 0 spiro atoms. The number of nitrogens with two attached hydrogens (primary N) is 1. The zero-order valence-electron chi connectivity index (χ0n) is 16.4. The molecule has 7 nitrogen and oxygen atoms in total. The summed E-state index contributed by atoms with van der Waals surface area (Å²) in [5, 5.41) is 0. The number of carbonyl (C=O) groups is 1.